The number of hydrogen-bond donors (Lipinski definition) is 1. The van der Waals surface area contributed by atoms with Gasteiger partial charge in [0, 0.05) is 5.92 Å². The van der Waals surface area contributed by atoms with Crippen molar-refractivity contribution in [2.45, 2.75) is 129 Å². The second kappa shape index (κ2) is 16.7. The molecule has 0 spiro atoms. The van der Waals surface area contributed by atoms with Crippen LogP contribution in [-0.2, 0) is 13.6 Å². The van der Waals surface area contributed by atoms with Crippen LogP contribution in [0.4, 0.5) is 0 Å². The Kier molecular flexibility index (Phi) is 14.3. The molecule has 1 N–H and O–H groups in total. The Labute approximate surface area is 252 Å². The van der Waals surface area contributed by atoms with Gasteiger partial charge in [-0.25, -0.2) is 0 Å². The Bertz CT molecular complexity index is 1010. The van der Waals surface area contributed by atoms with Crippen LogP contribution in [-0.4, -0.2) is 46.5 Å². The Hall–Kier alpha value is -1.90. The first kappa shape index (κ1) is 35.3. The highest BCUT2D eigenvalue weighted by Crippen LogP contribution is 2.41. The highest BCUT2D eigenvalue weighted by atomic mass is 28.4. The minimum atomic E-state index is -1.98. The molecule has 0 saturated heterocycles. The van der Waals surface area contributed by atoms with Crippen molar-refractivity contribution in [3.8, 4) is 5.75 Å². The molecule has 1 aromatic rings. The number of aliphatic carboxylic acids is 1. The van der Waals surface area contributed by atoms with Gasteiger partial charge < -0.3 is 18.7 Å². The second-order valence-electron chi connectivity index (χ2n) is 12.9. The maximum atomic E-state index is 10.8. The Balaban J connectivity index is 2.19. The van der Waals surface area contributed by atoms with Crippen LogP contribution in [0.25, 0.3) is 0 Å². The van der Waals surface area contributed by atoms with Crippen LogP contribution in [0.15, 0.2) is 59.9 Å². The van der Waals surface area contributed by atoms with Gasteiger partial charge in [0.05, 0.1) is 18.6 Å². The third-order valence-corrected chi connectivity index (χ3v) is 18.4. The molecule has 0 bridgehead atoms. The molecular weight excluding hydrogens is 545 g/mol. The summed E-state index contributed by atoms with van der Waals surface area (Å²) in [5.41, 5.74) is 4.54. The number of carboxylic acids is 1. The summed E-state index contributed by atoms with van der Waals surface area (Å²) in [7, 11) is -3.72. The van der Waals surface area contributed by atoms with E-state index in [2.05, 4.69) is 66.4 Å². The number of hydrogen-bond acceptors (Lipinski definition) is 4. The van der Waals surface area contributed by atoms with Crippen LogP contribution < -0.4 is 4.74 Å². The molecule has 230 valence electrons. The van der Waals surface area contributed by atoms with Gasteiger partial charge in [-0.3, -0.25) is 4.79 Å². The van der Waals surface area contributed by atoms with Gasteiger partial charge in [0.2, 0.25) is 0 Å². The fourth-order valence-electron chi connectivity index (χ4n) is 5.31. The van der Waals surface area contributed by atoms with Gasteiger partial charge in [-0.2, -0.15) is 0 Å². The minimum Gasteiger partial charge on any atom is -0.491 e. The first-order valence-corrected chi connectivity index (χ1v) is 21.1. The average molecular weight is 601 g/mol. The van der Waals surface area contributed by atoms with E-state index in [0.29, 0.717) is 12.5 Å². The largest absolute Gasteiger partial charge is 0.491 e. The average Bonchev–Trinajstić information content (AvgIpc) is 3.31. The standard InChI is InChI=1S/C34H56O5Si2/c1-9-41(10-2,11-3)39-32-26-24-28(31(32)21-17-12-13-18-22-33(35)36)23-25-30(38-40(7,8)34(4,5)6)27-37-29-19-15-14-16-20-29/h12,14-16,18-20,24,30-32H,9-11,17,21-23,25-27H2,1-8H3,(H,35,36)/t13?,30-,31-,32+/m1/s1. The van der Waals surface area contributed by atoms with E-state index in [1.807, 2.05) is 36.4 Å². The fourth-order valence-corrected chi connectivity index (χ4v) is 9.59. The van der Waals surface area contributed by atoms with Crippen molar-refractivity contribution in [1.82, 2.24) is 0 Å². The molecule has 0 radical (unpaired) electrons. The molecule has 41 heavy (non-hydrogen) atoms. The number of benzene rings is 1. The highest BCUT2D eigenvalue weighted by Gasteiger charge is 2.40. The quantitative estimate of drug-likeness (QED) is 0.103. The van der Waals surface area contributed by atoms with Crippen LogP contribution in [0.2, 0.25) is 36.3 Å². The molecule has 0 fully saturated rings. The van der Waals surface area contributed by atoms with Crippen molar-refractivity contribution in [2.75, 3.05) is 6.61 Å². The monoisotopic (exact) mass is 600 g/mol. The van der Waals surface area contributed by atoms with Gasteiger partial charge >= 0.3 is 5.97 Å². The van der Waals surface area contributed by atoms with Crippen LogP contribution >= 0.6 is 0 Å². The summed E-state index contributed by atoms with van der Waals surface area (Å²) in [6.45, 7) is 18.9. The van der Waals surface area contributed by atoms with Crippen LogP contribution in [0.3, 0.4) is 0 Å². The van der Waals surface area contributed by atoms with E-state index in [1.54, 1.807) is 6.08 Å². The van der Waals surface area contributed by atoms with E-state index in [4.69, 9.17) is 18.7 Å². The summed E-state index contributed by atoms with van der Waals surface area (Å²) in [5.74, 6) is 0.421. The molecule has 1 aliphatic rings. The van der Waals surface area contributed by atoms with Crippen LogP contribution in [0.5, 0.6) is 5.75 Å². The minimum absolute atomic E-state index is 0.00903. The van der Waals surface area contributed by atoms with Crippen molar-refractivity contribution < 1.29 is 23.5 Å². The van der Waals surface area contributed by atoms with E-state index in [9.17, 15) is 4.79 Å². The van der Waals surface area contributed by atoms with E-state index < -0.39 is 22.6 Å². The predicted molar refractivity (Wildman–Crippen MR) is 176 cm³/mol. The number of carbonyl (C=O) groups is 1. The molecule has 3 atom stereocenters. The number of para-hydroxylation sites is 1. The predicted octanol–water partition coefficient (Wildman–Crippen LogP) is 9.54. The summed E-state index contributed by atoms with van der Waals surface area (Å²) in [6, 6.07) is 13.5. The molecule has 0 heterocycles. The van der Waals surface area contributed by atoms with Crippen molar-refractivity contribution in [1.29, 1.82) is 0 Å². The van der Waals surface area contributed by atoms with Gasteiger partial charge in [-0.05, 0) is 92.7 Å². The normalized spacial score (nSPS) is 18.4. The topological polar surface area (TPSA) is 65.0 Å². The molecule has 0 saturated carbocycles. The lowest BCUT2D eigenvalue weighted by Crippen LogP contribution is -2.45. The summed E-state index contributed by atoms with van der Waals surface area (Å²) in [4.78, 5) is 10.8. The molecule has 1 aromatic carbocycles. The van der Waals surface area contributed by atoms with Gasteiger partial charge in [-0.1, -0.05) is 71.4 Å². The lowest BCUT2D eigenvalue weighted by molar-refractivity contribution is -0.136. The molecule has 0 unspecified atom stereocenters. The van der Waals surface area contributed by atoms with Crippen LogP contribution in [0, 0.1) is 5.92 Å². The highest BCUT2D eigenvalue weighted by molar-refractivity contribution is 6.74. The second-order valence-corrected chi connectivity index (χ2v) is 22.4. The van der Waals surface area contributed by atoms with E-state index >= 15 is 0 Å². The first-order chi connectivity index (χ1) is 19.4. The lowest BCUT2D eigenvalue weighted by atomic mass is 9.90. The summed E-state index contributed by atoms with van der Waals surface area (Å²) < 4.78 is 20.2. The zero-order valence-corrected chi connectivity index (χ0v) is 29.0. The smallest absolute Gasteiger partial charge is 0.307 e. The third kappa shape index (κ3) is 11.4. The molecule has 7 heteroatoms. The van der Waals surface area contributed by atoms with Crippen molar-refractivity contribution in [3.63, 3.8) is 0 Å². The van der Waals surface area contributed by atoms with E-state index in [-0.39, 0.29) is 23.7 Å². The Morgan fingerprint density at radius 3 is 2.34 bits per heavy atom. The molecule has 0 amide bonds. The SMILES string of the molecule is CC[Si](CC)(CC)O[C@H]1CC=C(CC[C@H](COc2ccccc2)O[Si](C)(C)C(C)(C)C)[C@H]1CCC=C=CCC(=O)O. The number of carboxylic acid groups (broad SMARTS) is 1. The van der Waals surface area contributed by atoms with Crippen molar-refractivity contribution >= 4 is 22.6 Å². The van der Waals surface area contributed by atoms with E-state index in [1.165, 1.54) is 5.57 Å². The molecule has 0 aromatic heterocycles. The van der Waals surface area contributed by atoms with Gasteiger partial charge in [0.1, 0.15) is 12.4 Å². The fraction of sp³-hybridized carbons (Fsp3) is 0.647. The zero-order valence-electron chi connectivity index (χ0n) is 27.0. The maximum Gasteiger partial charge on any atom is 0.307 e. The summed E-state index contributed by atoms with van der Waals surface area (Å²) >= 11 is 0. The van der Waals surface area contributed by atoms with Gasteiger partial charge in [-0.15, -0.1) is 5.73 Å². The lowest BCUT2D eigenvalue weighted by Gasteiger charge is -2.39. The zero-order chi connectivity index (χ0) is 30.5. The van der Waals surface area contributed by atoms with E-state index in [0.717, 1.165) is 56.0 Å². The molecule has 0 aliphatic heterocycles. The van der Waals surface area contributed by atoms with Crippen molar-refractivity contribution in [3.05, 3.63) is 59.9 Å². The third-order valence-electron chi connectivity index (χ3n) is 9.21. The summed E-state index contributed by atoms with van der Waals surface area (Å²) in [6.07, 6.45) is 11.0. The summed E-state index contributed by atoms with van der Waals surface area (Å²) in [5, 5.41) is 9.02. The van der Waals surface area contributed by atoms with Gasteiger partial charge in [0.15, 0.2) is 16.6 Å². The number of ether oxygens (including phenoxy) is 1. The Morgan fingerprint density at radius 1 is 1.10 bits per heavy atom. The van der Waals surface area contributed by atoms with Gasteiger partial charge in [0.25, 0.3) is 0 Å². The maximum absolute atomic E-state index is 10.8. The molecule has 5 nitrogen and oxygen atoms in total. The van der Waals surface area contributed by atoms with Crippen molar-refractivity contribution in [2.24, 2.45) is 5.92 Å². The Morgan fingerprint density at radius 2 is 1.76 bits per heavy atom. The van der Waals surface area contributed by atoms with Crippen LogP contribution in [0.1, 0.15) is 80.1 Å². The molecule has 1 aliphatic carbocycles. The number of rotatable bonds is 18. The first-order valence-electron chi connectivity index (χ1n) is 15.7. The molecule has 2 rings (SSSR count). The molecular formula is C34H56O5Si2.